The van der Waals surface area contributed by atoms with Gasteiger partial charge in [-0.3, -0.25) is 29.0 Å². The lowest BCUT2D eigenvalue weighted by Gasteiger charge is -2.39. The van der Waals surface area contributed by atoms with Crippen molar-refractivity contribution in [2.24, 2.45) is 11.8 Å². The molecule has 0 aliphatic heterocycles. The highest BCUT2D eigenvalue weighted by Crippen LogP contribution is 2.37. The van der Waals surface area contributed by atoms with Crippen molar-refractivity contribution in [3.63, 3.8) is 0 Å². The largest absolute Gasteiger partial charge is 0.480 e. The molecule has 10 heteroatoms. The van der Waals surface area contributed by atoms with Gasteiger partial charge in [0.05, 0.1) is 26.2 Å². The number of carboxylic acids is 4. The Balaban J connectivity index is 3.20. The van der Waals surface area contributed by atoms with Crippen LogP contribution in [0.4, 0.5) is 0 Å². The molecule has 1 saturated carbocycles. The molecule has 0 radical (unpaired) electrons. The lowest BCUT2D eigenvalue weighted by Crippen LogP contribution is -2.56. The first-order valence-corrected chi connectivity index (χ1v) is 7.88. The van der Waals surface area contributed by atoms with Crippen molar-refractivity contribution in [1.29, 1.82) is 0 Å². The van der Waals surface area contributed by atoms with E-state index >= 15 is 0 Å². The maximum atomic E-state index is 11.1. The average molecular weight is 360 g/mol. The van der Waals surface area contributed by atoms with E-state index in [2.05, 4.69) is 0 Å². The maximum Gasteiger partial charge on any atom is 0.317 e. The Labute approximate surface area is 144 Å². The standard InChI is InChI=1S/C15H24N2O8/c1-8-3-9(2)15(17(6-12(22)23)7-13(24)25)14(8)16(4-10(18)19)5-11(20)21/h8-9,14-15H,3-7H2,1-2H3,(H,18,19)(H,20,21)(H,22,23)(H,24,25)/t8?,9?,14-,15+. The van der Waals surface area contributed by atoms with Gasteiger partial charge in [0, 0.05) is 12.1 Å². The molecular formula is C15H24N2O8. The Bertz CT molecular complexity index is 460. The van der Waals surface area contributed by atoms with E-state index in [0.717, 1.165) is 0 Å². The Morgan fingerprint density at radius 2 is 0.920 bits per heavy atom. The smallest absolute Gasteiger partial charge is 0.317 e. The first-order chi connectivity index (χ1) is 11.5. The summed E-state index contributed by atoms with van der Waals surface area (Å²) >= 11 is 0. The summed E-state index contributed by atoms with van der Waals surface area (Å²) in [6, 6.07) is -1.14. The molecule has 0 saturated heterocycles. The number of nitrogens with zero attached hydrogens (tertiary/aromatic N) is 2. The molecule has 0 spiro atoms. The Kier molecular flexibility index (Phi) is 7.31. The minimum absolute atomic E-state index is 0.108. The van der Waals surface area contributed by atoms with E-state index in [1.807, 2.05) is 13.8 Å². The third-order valence-corrected chi connectivity index (χ3v) is 4.46. The van der Waals surface area contributed by atoms with E-state index in [-0.39, 0.29) is 11.8 Å². The van der Waals surface area contributed by atoms with E-state index in [4.69, 9.17) is 20.4 Å². The van der Waals surface area contributed by atoms with Crippen molar-refractivity contribution in [3.05, 3.63) is 0 Å². The van der Waals surface area contributed by atoms with Gasteiger partial charge in [-0.15, -0.1) is 0 Å². The summed E-state index contributed by atoms with van der Waals surface area (Å²) in [4.78, 5) is 47.1. The van der Waals surface area contributed by atoms with Crippen LogP contribution in [-0.4, -0.2) is 92.4 Å². The lowest BCUT2D eigenvalue weighted by molar-refractivity contribution is -0.148. The molecule has 0 bridgehead atoms. The highest BCUT2D eigenvalue weighted by atomic mass is 16.4. The zero-order chi connectivity index (χ0) is 19.3. The van der Waals surface area contributed by atoms with Crippen LogP contribution in [-0.2, 0) is 19.2 Å². The molecule has 4 atom stereocenters. The fourth-order valence-corrected chi connectivity index (χ4v) is 3.92. The van der Waals surface area contributed by atoms with Gasteiger partial charge in [0.25, 0.3) is 0 Å². The molecule has 2 unspecified atom stereocenters. The molecule has 10 nitrogen and oxygen atoms in total. The normalized spacial score (nSPS) is 26.1. The maximum absolute atomic E-state index is 11.1. The molecule has 0 aromatic carbocycles. The molecule has 1 rings (SSSR count). The summed E-state index contributed by atoms with van der Waals surface area (Å²) in [7, 11) is 0. The van der Waals surface area contributed by atoms with Crippen LogP contribution in [0.5, 0.6) is 0 Å². The highest BCUT2D eigenvalue weighted by molar-refractivity contribution is 5.73. The van der Waals surface area contributed by atoms with E-state index in [9.17, 15) is 19.2 Å². The van der Waals surface area contributed by atoms with Gasteiger partial charge in [-0.25, -0.2) is 0 Å². The molecule has 4 N–H and O–H groups in total. The predicted octanol–water partition coefficient (Wildman–Crippen LogP) is -0.658. The Morgan fingerprint density at radius 1 is 0.680 bits per heavy atom. The topological polar surface area (TPSA) is 156 Å². The molecule has 0 aromatic rings. The summed E-state index contributed by atoms with van der Waals surface area (Å²) in [6.07, 6.45) is 0.612. The van der Waals surface area contributed by atoms with E-state index in [0.29, 0.717) is 6.42 Å². The molecule has 0 amide bonds. The minimum Gasteiger partial charge on any atom is -0.480 e. The van der Waals surface area contributed by atoms with Crippen LogP contribution in [0.25, 0.3) is 0 Å². The number of rotatable bonds is 10. The van der Waals surface area contributed by atoms with E-state index in [1.54, 1.807) is 0 Å². The van der Waals surface area contributed by atoms with Gasteiger partial charge in [0.15, 0.2) is 0 Å². The molecule has 1 aliphatic carbocycles. The predicted molar refractivity (Wildman–Crippen MR) is 84.2 cm³/mol. The molecule has 25 heavy (non-hydrogen) atoms. The van der Waals surface area contributed by atoms with Gasteiger partial charge < -0.3 is 20.4 Å². The van der Waals surface area contributed by atoms with Gasteiger partial charge in [-0.05, 0) is 18.3 Å². The molecule has 0 heterocycles. The summed E-state index contributed by atoms with van der Waals surface area (Å²) in [5.41, 5.74) is 0. The number of hydrogen-bond donors (Lipinski definition) is 4. The first kappa shape index (κ1) is 20.8. The quantitative estimate of drug-likeness (QED) is 0.394. The van der Waals surface area contributed by atoms with Crippen LogP contribution < -0.4 is 0 Å². The second-order valence-electron chi connectivity index (χ2n) is 6.56. The summed E-state index contributed by atoms with van der Waals surface area (Å²) in [5.74, 6) is -5.01. The second kappa shape index (κ2) is 8.77. The Morgan fingerprint density at radius 3 is 1.12 bits per heavy atom. The third-order valence-electron chi connectivity index (χ3n) is 4.46. The zero-order valence-electron chi connectivity index (χ0n) is 14.2. The van der Waals surface area contributed by atoms with Crippen molar-refractivity contribution < 1.29 is 39.6 Å². The molecular weight excluding hydrogens is 336 g/mol. The Hall–Kier alpha value is -2.20. The zero-order valence-corrected chi connectivity index (χ0v) is 14.2. The van der Waals surface area contributed by atoms with Crippen molar-refractivity contribution in [2.45, 2.75) is 32.4 Å². The third kappa shape index (κ3) is 5.98. The van der Waals surface area contributed by atoms with Crippen LogP contribution in [0.15, 0.2) is 0 Å². The van der Waals surface area contributed by atoms with Crippen LogP contribution in [0.2, 0.25) is 0 Å². The van der Waals surface area contributed by atoms with Crippen molar-refractivity contribution >= 4 is 23.9 Å². The van der Waals surface area contributed by atoms with Crippen molar-refractivity contribution in [2.75, 3.05) is 26.2 Å². The SMILES string of the molecule is CC1CC(C)[C@H](N(CC(=O)O)CC(=O)O)[C@@H]1N(CC(=O)O)CC(=O)O. The highest BCUT2D eigenvalue weighted by Gasteiger charge is 2.46. The van der Waals surface area contributed by atoms with E-state index in [1.165, 1.54) is 9.80 Å². The summed E-state index contributed by atoms with van der Waals surface area (Å²) in [6.45, 7) is 1.60. The fraction of sp³-hybridized carbons (Fsp3) is 0.733. The molecule has 142 valence electrons. The first-order valence-electron chi connectivity index (χ1n) is 7.88. The van der Waals surface area contributed by atoms with Crippen molar-refractivity contribution in [1.82, 2.24) is 9.80 Å². The number of carbonyl (C=O) groups is 4. The van der Waals surface area contributed by atoms with Crippen LogP contribution in [0.3, 0.4) is 0 Å². The summed E-state index contributed by atoms with van der Waals surface area (Å²) < 4.78 is 0. The van der Waals surface area contributed by atoms with Crippen LogP contribution >= 0.6 is 0 Å². The van der Waals surface area contributed by atoms with Crippen LogP contribution in [0, 0.1) is 11.8 Å². The number of aliphatic carboxylic acids is 4. The van der Waals surface area contributed by atoms with Gasteiger partial charge in [0.1, 0.15) is 0 Å². The minimum atomic E-state index is -1.20. The molecule has 0 aromatic heterocycles. The average Bonchev–Trinajstić information content (AvgIpc) is 2.69. The second-order valence-corrected chi connectivity index (χ2v) is 6.56. The molecule has 1 aliphatic rings. The van der Waals surface area contributed by atoms with Gasteiger partial charge in [-0.2, -0.15) is 0 Å². The lowest BCUT2D eigenvalue weighted by atomic mass is 9.98. The van der Waals surface area contributed by atoms with Gasteiger partial charge >= 0.3 is 23.9 Å². The fourth-order valence-electron chi connectivity index (χ4n) is 3.92. The monoisotopic (exact) mass is 360 g/mol. The van der Waals surface area contributed by atoms with E-state index < -0.39 is 62.1 Å². The van der Waals surface area contributed by atoms with Gasteiger partial charge in [0.2, 0.25) is 0 Å². The van der Waals surface area contributed by atoms with Crippen molar-refractivity contribution in [3.8, 4) is 0 Å². The summed E-state index contributed by atoms with van der Waals surface area (Å²) in [5, 5.41) is 36.4. The number of hydrogen-bond acceptors (Lipinski definition) is 6. The number of carboxylic acid groups (broad SMARTS) is 4. The van der Waals surface area contributed by atoms with Crippen LogP contribution in [0.1, 0.15) is 20.3 Å². The molecule has 1 fully saturated rings. The van der Waals surface area contributed by atoms with Gasteiger partial charge in [-0.1, -0.05) is 13.8 Å².